The van der Waals surface area contributed by atoms with E-state index in [-0.39, 0.29) is 49.5 Å². The molecule has 2 amide bonds. The van der Waals surface area contributed by atoms with Crippen LogP contribution in [0.25, 0.3) is 0 Å². The van der Waals surface area contributed by atoms with Gasteiger partial charge in [-0.25, -0.2) is 12.8 Å². The average Bonchev–Trinajstić information content (AvgIpc) is 3.47. The zero-order valence-corrected chi connectivity index (χ0v) is 26.1. The molecule has 42 heavy (non-hydrogen) atoms. The second kappa shape index (κ2) is 14.8. The average molecular weight is 659 g/mol. The van der Waals surface area contributed by atoms with E-state index in [4.69, 9.17) is 0 Å². The van der Waals surface area contributed by atoms with Crippen molar-refractivity contribution in [3.63, 3.8) is 0 Å². The monoisotopic (exact) mass is 657 g/mol. The zero-order chi connectivity index (χ0) is 30.1. The highest BCUT2D eigenvalue weighted by Crippen LogP contribution is 2.24. The summed E-state index contributed by atoms with van der Waals surface area (Å²) < 4.78 is 41.5. The van der Waals surface area contributed by atoms with E-state index in [2.05, 4.69) is 21.2 Å². The van der Waals surface area contributed by atoms with Gasteiger partial charge in [0.1, 0.15) is 11.9 Å². The van der Waals surface area contributed by atoms with Crippen LogP contribution >= 0.6 is 15.9 Å². The number of benzene rings is 3. The lowest BCUT2D eigenvalue weighted by Gasteiger charge is -2.33. The van der Waals surface area contributed by atoms with Crippen LogP contribution in [0.2, 0.25) is 0 Å². The Hall–Kier alpha value is -3.24. The van der Waals surface area contributed by atoms with Crippen molar-refractivity contribution in [2.45, 2.75) is 63.6 Å². The second-order valence-corrected chi connectivity index (χ2v) is 13.6. The number of para-hydroxylation sites is 1. The van der Waals surface area contributed by atoms with Gasteiger partial charge in [0.15, 0.2) is 0 Å². The molecule has 10 heteroatoms. The van der Waals surface area contributed by atoms with Crippen LogP contribution < -0.4 is 9.62 Å². The SMILES string of the molecule is CS(=O)(=O)N(CCCC(=O)N(Cc1ccc(Br)cc1)[C@H](Cc1ccccc1)C(=O)NC1CCCC1)c1ccccc1F. The van der Waals surface area contributed by atoms with Crippen LogP contribution in [0.5, 0.6) is 0 Å². The third kappa shape index (κ3) is 8.88. The fourth-order valence-electron chi connectivity index (χ4n) is 5.34. The summed E-state index contributed by atoms with van der Waals surface area (Å²) in [6.45, 7) is 0.139. The van der Waals surface area contributed by atoms with Crippen LogP contribution in [0.3, 0.4) is 0 Å². The summed E-state index contributed by atoms with van der Waals surface area (Å²) in [5.41, 5.74) is 1.74. The van der Waals surface area contributed by atoms with Gasteiger partial charge in [-0.2, -0.15) is 0 Å². The maximum absolute atomic E-state index is 14.5. The molecule has 4 rings (SSSR count). The van der Waals surface area contributed by atoms with Crippen molar-refractivity contribution < 1.29 is 22.4 Å². The first-order valence-corrected chi connectivity index (χ1v) is 16.9. The predicted octanol–water partition coefficient (Wildman–Crippen LogP) is 5.83. The molecular weight excluding hydrogens is 621 g/mol. The Labute approximate surface area is 256 Å². The number of nitrogens with zero attached hydrogens (tertiary/aromatic N) is 2. The largest absolute Gasteiger partial charge is 0.352 e. The van der Waals surface area contributed by atoms with Crippen LogP contribution in [0, 0.1) is 5.82 Å². The van der Waals surface area contributed by atoms with Crippen molar-refractivity contribution in [2.75, 3.05) is 17.1 Å². The summed E-state index contributed by atoms with van der Waals surface area (Å²) in [4.78, 5) is 29.3. The zero-order valence-electron chi connectivity index (χ0n) is 23.7. The Kier molecular flexibility index (Phi) is 11.2. The number of halogens is 2. The first kappa shape index (κ1) is 31.7. The Balaban J connectivity index is 1.59. The van der Waals surface area contributed by atoms with Gasteiger partial charge in [-0.3, -0.25) is 13.9 Å². The van der Waals surface area contributed by atoms with Gasteiger partial charge in [-0.15, -0.1) is 0 Å². The summed E-state index contributed by atoms with van der Waals surface area (Å²) in [6.07, 6.45) is 5.46. The smallest absolute Gasteiger partial charge is 0.243 e. The number of rotatable bonds is 13. The standard InChI is InChI=1S/C32H37BrFN3O4S/c1-42(40,41)37(29-15-8-7-14-28(29)34)21-9-16-31(38)36(23-25-17-19-26(33)20-18-25)30(22-24-10-3-2-4-11-24)32(39)35-27-12-5-6-13-27/h2-4,7-8,10-11,14-15,17-20,27,30H,5-6,9,12-13,16,21-23H2,1H3,(H,35,39)/t30-/m1/s1. The molecule has 0 aromatic heterocycles. The van der Waals surface area contributed by atoms with Gasteiger partial charge in [0.05, 0.1) is 11.9 Å². The Morgan fingerprint density at radius 1 is 0.952 bits per heavy atom. The van der Waals surface area contributed by atoms with Crippen molar-refractivity contribution in [1.29, 1.82) is 0 Å². The number of hydrogen-bond acceptors (Lipinski definition) is 4. The van der Waals surface area contributed by atoms with Gasteiger partial charge >= 0.3 is 0 Å². The number of amides is 2. The highest BCUT2D eigenvalue weighted by Gasteiger charge is 2.32. The minimum Gasteiger partial charge on any atom is -0.352 e. The summed E-state index contributed by atoms with van der Waals surface area (Å²) in [5, 5.41) is 3.18. The number of hydrogen-bond donors (Lipinski definition) is 1. The second-order valence-electron chi connectivity index (χ2n) is 10.7. The van der Waals surface area contributed by atoms with E-state index in [1.54, 1.807) is 11.0 Å². The number of anilines is 1. The lowest BCUT2D eigenvalue weighted by Crippen LogP contribution is -2.52. The van der Waals surface area contributed by atoms with E-state index in [0.29, 0.717) is 6.42 Å². The van der Waals surface area contributed by atoms with E-state index in [1.807, 2.05) is 54.6 Å². The van der Waals surface area contributed by atoms with Crippen molar-refractivity contribution in [3.05, 3.63) is 100 Å². The minimum absolute atomic E-state index is 0.0149. The van der Waals surface area contributed by atoms with Crippen molar-refractivity contribution in [3.8, 4) is 0 Å². The van der Waals surface area contributed by atoms with Crippen LogP contribution in [0.4, 0.5) is 10.1 Å². The normalized spacial score (nSPS) is 14.4. The lowest BCUT2D eigenvalue weighted by molar-refractivity contribution is -0.141. The molecule has 1 atom stereocenters. The molecule has 1 aliphatic rings. The maximum Gasteiger partial charge on any atom is 0.243 e. The van der Waals surface area contributed by atoms with E-state index in [1.165, 1.54) is 18.2 Å². The molecule has 224 valence electrons. The van der Waals surface area contributed by atoms with E-state index in [9.17, 15) is 22.4 Å². The molecule has 0 bridgehead atoms. The van der Waals surface area contributed by atoms with E-state index >= 15 is 0 Å². The first-order chi connectivity index (χ1) is 20.1. The van der Waals surface area contributed by atoms with Gasteiger partial charge in [0, 0.05) is 36.4 Å². The van der Waals surface area contributed by atoms with Gasteiger partial charge in [0.2, 0.25) is 21.8 Å². The summed E-state index contributed by atoms with van der Waals surface area (Å²) in [5.74, 6) is -1.12. The minimum atomic E-state index is -3.80. The van der Waals surface area contributed by atoms with Gasteiger partial charge in [-0.05, 0) is 54.7 Å². The Bertz CT molecular complexity index is 1450. The van der Waals surface area contributed by atoms with E-state index < -0.39 is 21.9 Å². The molecule has 3 aromatic rings. The number of nitrogens with one attached hydrogen (secondary N) is 1. The molecule has 1 saturated carbocycles. The number of sulfonamides is 1. The van der Waals surface area contributed by atoms with Crippen molar-refractivity contribution in [1.82, 2.24) is 10.2 Å². The fourth-order valence-corrected chi connectivity index (χ4v) is 6.57. The van der Waals surface area contributed by atoms with Crippen molar-refractivity contribution >= 4 is 43.5 Å². The molecule has 1 aliphatic carbocycles. The van der Waals surface area contributed by atoms with Crippen LogP contribution in [0.1, 0.15) is 49.7 Å². The van der Waals surface area contributed by atoms with E-state index in [0.717, 1.165) is 51.8 Å². The number of carbonyl (C=O) groups is 2. The Morgan fingerprint density at radius 3 is 2.24 bits per heavy atom. The van der Waals surface area contributed by atoms with Crippen LogP contribution in [-0.2, 0) is 32.6 Å². The molecule has 1 N–H and O–H groups in total. The summed E-state index contributed by atoms with van der Waals surface area (Å²) in [7, 11) is -3.80. The molecule has 0 unspecified atom stereocenters. The molecule has 7 nitrogen and oxygen atoms in total. The van der Waals surface area contributed by atoms with Gasteiger partial charge in [0.25, 0.3) is 0 Å². The van der Waals surface area contributed by atoms with Crippen LogP contribution in [-0.4, -0.2) is 50.0 Å². The molecular formula is C32H37BrFN3O4S. The topological polar surface area (TPSA) is 86.8 Å². The van der Waals surface area contributed by atoms with Gasteiger partial charge < -0.3 is 10.2 Å². The molecule has 0 heterocycles. The molecule has 0 saturated heterocycles. The fraction of sp³-hybridized carbons (Fsp3) is 0.375. The van der Waals surface area contributed by atoms with Crippen LogP contribution in [0.15, 0.2) is 83.3 Å². The molecule has 1 fully saturated rings. The molecule has 0 aliphatic heterocycles. The van der Waals surface area contributed by atoms with Gasteiger partial charge in [-0.1, -0.05) is 83.4 Å². The summed E-state index contributed by atoms with van der Waals surface area (Å²) >= 11 is 3.45. The maximum atomic E-state index is 14.5. The third-order valence-corrected chi connectivity index (χ3v) is 9.22. The first-order valence-electron chi connectivity index (χ1n) is 14.2. The highest BCUT2D eigenvalue weighted by molar-refractivity contribution is 9.10. The molecule has 0 spiro atoms. The van der Waals surface area contributed by atoms with Crippen molar-refractivity contribution in [2.24, 2.45) is 0 Å². The molecule has 0 radical (unpaired) electrons. The molecule has 3 aromatic carbocycles. The third-order valence-electron chi connectivity index (χ3n) is 7.51. The number of carbonyl (C=O) groups excluding carboxylic acids is 2. The quantitative estimate of drug-likeness (QED) is 0.251. The summed E-state index contributed by atoms with van der Waals surface area (Å²) in [6, 6.07) is 22.2. The highest BCUT2D eigenvalue weighted by atomic mass is 79.9. The lowest BCUT2D eigenvalue weighted by atomic mass is 10.0. The predicted molar refractivity (Wildman–Crippen MR) is 167 cm³/mol. The Morgan fingerprint density at radius 2 is 1.60 bits per heavy atom.